The molecule has 5 heteroatoms. The zero-order valence-corrected chi connectivity index (χ0v) is 14.6. The number of pyridine rings is 1. The van der Waals surface area contributed by atoms with Gasteiger partial charge in [0.15, 0.2) is 11.5 Å². The largest absolute Gasteiger partial charge is 0.504 e. The predicted octanol–water partition coefficient (Wildman–Crippen LogP) is 5.01. The van der Waals surface area contributed by atoms with Crippen LogP contribution in [0.15, 0.2) is 53.2 Å². The highest BCUT2D eigenvalue weighted by Crippen LogP contribution is 2.46. The number of hydrogen-bond acceptors (Lipinski definition) is 5. The molecule has 124 valence electrons. The Kier molecular flexibility index (Phi) is 5.11. The molecule has 0 spiro atoms. The lowest BCUT2D eigenvalue weighted by Crippen LogP contribution is -1.89. The van der Waals surface area contributed by atoms with E-state index in [0.717, 1.165) is 22.6 Å². The SMILES string of the molecule is CCSCc1cccc(-c2c(NC)oc(-c3cccnc3)c2O)c1. The number of nitrogens with one attached hydrogen (secondary N) is 1. The second-order valence-electron chi connectivity index (χ2n) is 5.31. The van der Waals surface area contributed by atoms with Gasteiger partial charge in [0.25, 0.3) is 0 Å². The molecule has 3 aromatic rings. The van der Waals surface area contributed by atoms with Gasteiger partial charge in [-0.15, -0.1) is 0 Å². The molecule has 0 saturated heterocycles. The molecular weight excluding hydrogens is 320 g/mol. The average Bonchev–Trinajstić information content (AvgIpc) is 2.97. The Hall–Kier alpha value is -2.40. The van der Waals surface area contributed by atoms with E-state index < -0.39 is 0 Å². The lowest BCUT2D eigenvalue weighted by atomic mass is 10.0. The smallest absolute Gasteiger partial charge is 0.205 e. The summed E-state index contributed by atoms with van der Waals surface area (Å²) in [4.78, 5) is 4.09. The van der Waals surface area contributed by atoms with Crippen molar-refractivity contribution >= 4 is 17.6 Å². The molecule has 0 aliphatic rings. The van der Waals surface area contributed by atoms with Crippen LogP contribution in [-0.4, -0.2) is 22.9 Å². The molecule has 0 unspecified atom stereocenters. The van der Waals surface area contributed by atoms with Crippen LogP contribution in [0.1, 0.15) is 12.5 Å². The molecule has 0 saturated carbocycles. The van der Waals surface area contributed by atoms with Crippen LogP contribution >= 0.6 is 11.8 Å². The standard InChI is InChI=1S/C19H20N2O2S/c1-3-24-12-13-6-4-7-14(10-13)16-17(22)18(23-19(16)20-2)15-8-5-9-21-11-15/h4-11,20,22H,3,12H2,1-2H3. The van der Waals surface area contributed by atoms with Gasteiger partial charge >= 0.3 is 0 Å². The summed E-state index contributed by atoms with van der Waals surface area (Å²) in [5.41, 5.74) is 3.59. The van der Waals surface area contributed by atoms with E-state index in [1.54, 1.807) is 19.4 Å². The van der Waals surface area contributed by atoms with Gasteiger partial charge in [0, 0.05) is 30.8 Å². The maximum absolute atomic E-state index is 10.7. The van der Waals surface area contributed by atoms with Crippen molar-refractivity contribution in [3.8, 4) is 28.2 Å². The van der Waals surface area contributed by atoms with Gasteiger partial charge < -0.3 is 14.8 Å². The number of anilines is 1. The summed E-state index contributed by atoms with van der Waals surface area (Å²) in [6.45, 7) is 2.15. The van der Waals surface area contributed by atoms with Gasteiger partial charge in [-0.25, -0.2) is 0 Å². The molecule has 0 bridgehead atoms. The Morgan fingerprint density at radius 3 is 2.75 bits per heavy atom. The molecule has 0 radical (unpaired) electrons. The third-order valence-corrected chi connectivity index (χ3v) is 4.67. The maximum Gasteiger partial charge on any atom is 0.205 e. The minimum Gasteiger partial charge on any atom is -0.504 e. The number of nitrogens with zero attached hydrogens (tertiary/aromatic N) is 1. The third-order valence-electron chi connectivity index (χ3n) is 3.72. The highest BCUT2D eigenvalue weighted by molar-refractivity contribution is 7.98. The Bertz CT molecular complexity index is 815. The summed E-state index contributed by atoms with van der Waals surface area (Å²) in [5.74, 6) is 3.14. The van der Waals surface area contributed by atoms with E-state index in [0.29, 0.717) is 17.2 Å². The first-order valence-electron chi connectivity index (χ1n) is 7.85. The van der Waals surface area contributed by atoms with Gasteiger partial charge in [-0.3, -0.25) is 4.98 Å². The summed E-state index contributed by atoms with van der Waals surface area (Å²) in [5, 5.41) is 13.8. The van der Waals surface area contributed by atoms with Crippen molar-refractivity contribution in [3.63, 3.8) is 0 Å². The summed E-state index contributed by atoms with van der Waals surface area (Å²) >= 11 is 1.87. The average molecular weight is 340 g/mol. The molecule has 1 aromatic carbocycles. The minimum absolute atomic E-state index is 0.132. The number of rotatable bonds is 6. The first-order valence-corrected chi connectivity index (χ1v) is 9.01. The second kappa shape index (κ2) is 7.45. The normalized spacial score (nSPS) is 10.8. The molecule has 0 atom stereocenters. The van der Waals surface area contributed by atoms with Crippen molar-refractivity contribution in [3.05, 3.63) is 54.4 Å². The minimum atomic E-state index is 0.132. The van der Waals surface area contributed by atoms with E-state index in [2.05, 4.69) is 29.4 Å². The fourth-order valence-electron chi connectivity index (χ4n) is 2.60. The van der Waals surface area contributed by atoms with Crippen LogP contribution in [-0.2, 0) is 5.75 Å². The number of hydrogen-bond donors (Lipinski definition) is 2. The molecule has 2 N–H and O–H groups in total. The van der Waals surface area contributed by atoms with Gasteiger partial charge in [0.1, 0.15) is 0 Å². The van der Waals surface area contributed by atoms with Gasteiger partial charge in [-0.1, -0.05) is 25.1 Å². The first kappa shape index (κ1) is 16.5. The molecule has 2 heterocycles. The predicted molar refractivity (Wildman–Crippen MR) is 100 cm³/mol. The number of aromatic hydroxyl groups is 1. The fraction of sp³-hybridized carbons (Fsp3) is 0.211. The van der Waals surface area contributed by atoms with E-state index in [1.165, 1.54) is 5.56 Å². The van der Waals surface area contributed by atoms with Crippen LogP contribution in [0, 0.1) is 0 Å². The van der Waals surface area contributed by atoms with E-state index in [-0.39, 0.29) is 5.75 Å². The Labute approximate surface area is 145 Å². The molecule has 2 aromatic heterocycles. The number of thioether (sulfide) groups is 1. The molecule has 0 aliphatic heterocycles. The van der Waals surface area contributed by atoms with Gasteiger partial charge in [-0.2, -0.15) is 11.8 Å². The summed E-state index contributed by atoms with van der Waals surface area (Å²) in [7, 11) is 1.78. The van der Waals surface area contributed by atoms with Crippen LogP contribution in [0.2, 0.25) is 0 Å². The highest BCUT2D eigenvalue weighted by Gasteiger charge is 2.22. The molecule has 0 amide bonds. The Balaban J connectivity index is 2.06. The van der Waals surface area contributed by atoms with Crippen molar-refractivity contribution in [2.24, 2.45) is 0 Å². The quantitative estimate of drug-likeness (QED) is 0.660. The summed E-state index contributed by atoms with van der Waals surface area (Å²) in [6, 6.07) is 11.9. The molecule has 0 fully saturated rings. The van der Waals surface area contributed by atoms with Crippen molar-refractivity contribution < 1.29 is 9.52 Å². The lowest BCUT2D eigenvalue weighted by Gasteiger charge is -2.06. The zero-order valence-electron chi connectivity index (χ0n) is 13.7. The number of benzene rings is 1. The van der Waals surface area contributed by atoms with Gasteiger partial charge in [-0.05, 0) is 35.1 Å². The summed E-state index contributed by atoms with van der Waals surface area (Å²) in [6.07, 6.45) is 3.37. The summed E-state index contributed by atoms with van der Waals surface area (Å²) < 4.78 is 5.85. The van der Waals surface area contributed by atoms with Crippen molar-refractivity contribution in [2.75, 3.05) is 18.1 Å². The number of aromatic nitrogens is 1. The van der Waals surface area contributed by atoms with Crippen LogP contribution in [0.5, 0.6) is 5.75 Å². The Morgan fingerprint density at radius 2 is 2.04 bits per heavy atom. The van der Waals surface area contributed by atoms with E-state index >= 15 is 0 Å². The molecule has 4 nitrogen and oxygen atoms in total. The van der Waals surface area contributed by atoms with Crippen LogP contribution < -0.4 is 5.32 Å². The van der Waals surface area contributed by atoms with E-state index in [9.17, 15) is 5.11 Å². The van der Waals surface area contributed by atoms with Crippen LogP contribution in [0.3, 0.4) is 0 Å². The van der Waals surface area contributed by atoms with E-state index in [1.807, 2.05) is 36.0 Å². The molecule has 3 rings (SSSR count). The van der Waals surface area contributed by atoms with Gasteiger partial charge in [0.05, 0.1) is 5.56 Å². The second-order valence-corrected chi connectivity index (χ2v) is 6.59. The maximum atomic E-state index is 10.7. The Morgan fingerprint density at radius 1 is 1.21 bits per heavy atom. The van der Waals surface area contributed by atoms with Crippen LogP contribution in [0.25, 0.3) is 22.5 Å². The van der Waals surface area contributed by atoms with Crippen molar-refractivity contribution in [1.82, 2.24) is 4.98 Å². The monoisotopic (exact) mass is 340 g/mol. The van der Waals surface area contributed by atoms with Crippen molar-refractivity contribution in [2.45, 2.75) is 12.7 Å². The van der Waals surface area contributed by atoms with Crippen molar-refractivity contribution in [1.29, 1.82) is 0 Å². The topological polar surface area (TPSA) is 58.3 Å². The number of furan rings is 1. The highest BCUT2D eigenvalue weighted by atomic mass is 32.2. The van der Waals surface area contributed by atoms with Crippen LogP contribution in [0.4, 0.5) is 5.88 Å². The molecule has 24 heavy (non-hydrogen) atoms. The molecule has 0 aliphatic carbocycles. The zero-order chi connectivity index (χ0) is 16.9. The fourth-order valence-corrected chi connectivity index (χ4v) is 3.21. The molecular formula is C19H20N2O2S. The van der Waals surface area contributed by atoms with Gasteiger partial charge in [0.2, 0.25) is 5.88 Å². The van der Waals surface area contributed by atoms with E-state index in [4.69, 9.17) is 4.42 Å². The third kappa shape index (κ3) is 3.26. The first-order chi connectivity index (χ1) is 11.7. The lowest BCUT2D eigenvalue weighted by molar-refractivity contribution is 0.466.